The highest BCUT2D eigenvalue weighted by atomic mass is 16.3. The van der Waals surface area contributed by atoms with Crippen LogP contribution >= 0.6 is 0 Å². The molecule has 0 aromatic carbocycles. The third kappa shape index (κ3) is 3.65. The third-order valence-electron chi connectivity index (χ3n) is 3.08. The Labute approximate surface area is 81.7 Å². The summed E-state index contributed by atoms with van der Waals surface area (Å²) in [6.07, 6.45) is 7.65. The van der Waals surface area contributed by atoms with Crippen LogP contribution in [0.3, 0.4) is 0 Å². The molecule has 2 unspecified atom stereocenters. The second kappa shape index (κ2) is 6.39. The number of aliphatic hydroxyl groups is 1. The molecule has 0 saturated heterocycles. The first kappa shape index (κ1) is 11.0. The molecule has 1 saturated carbocycles. The Morgan fingerprint density at radius 2 is 2.15 bits per heavy atom. The van der Waals surface area contributed by atoms with E-state index in [-0.39, 0.29) is 0 Å². The van der Waals surface area contributed by atoms with Crippen LogP contribution < -0.4 is 5.32 Å². The van der Waals surface area contributed by atoms with Crippen LogP contribution in [0, 0.1) is 5.92 Å². The van der Waals surface area contributed by atoms with Gasteiger partial charge < -0.3 is 10.4 Å². The quantitative estimate of drug-likeness (QED) is 0.620. The molecule has 2 heteroatoms. The third-order valence-corrected chi connectivity index (χ3v) is 3.08. The lowest BCUT2D eigenvalue weighted by molar-refractivity contribution is 0.205. The van der Waals surface area contributed by atoms with E-state index in [0.717, 1.165) is 6.54 Å². The van der Waals surface area contributed by atoms with E-state index in [1.165, 1.54) is 38.5 Å². The zero-order chi connectivity index (χ0) is 9.52. The van der Waals surface area contributed by atoms with Crippen LogP contribution in [0.4, 0.5) is 0 Å². The van der Waals surface area contributed by atoms with Gasteiger partial charge in [-0.15, -0.1) is 0 Å². The van der Waals surface area contributed by atoms with Gasteiger partial charge in [0.25, 0.3) is 0 Å². The van der Waals surface area contributed by atoms with Gasteiger partial charge in [0.15, 0.2) is 0 Å². The summed E-state index contributed by atoms with van der Waals surface area (Å²) < 4.78 is 0. The molecule has 78 valence electrons. The van der Waals surface area contributed by atoms with Crippen LogP contribution in [0.5, 0.6) is 0 Å². The molecular weight excluding hydrogens is 162 g/mol. The van der Waals surface area contributed by atoms with E-state index < -0.39 is 0 Å². The fourth-order valence-electron chi connectivity index (χ4n) is 2.19. The Bertz CT molecular complexity index is 127. The zero-order valence-corrected chi connectivity index (χ0v) is 8.76. The maximum absolute atomic E-state index is 9.10. The number of unbranched alkanes of at least 4 members (excludes halogenated alkanes) is 2. The van der Waals surface area contributed by atoms with E-state index in [4.69, 9.17) is 5.11 Å². The first-order valence-electron chi connectivity index (χ1n) is 5.72. The predicted molar refractivity (Wildman–Crippen MR) is 55.7 cm³/mol. The summed E-state index contributed by atoms with van der Waals surface area (Å²) >= 11 is 0. The van der Waals surface area contributed by atoms with Gasteiger partial charge in [0.05, 0.1) is 0 Å². The first-order valence-corrected chi connectivity index (χ1v) is 5.72. The summed E-state index contributed by atoms with van der Waals surface area (Å²) in [6, 6.07) is 0.599. The van der Waals surface area contributed by atoms with Crippen molar-refractivity contribution in [1.82, 2.24) is 5.32 Å². The Morgan fingerprint density at radius 1 is 1.31 bits per heavy atom. The Balaban J connectivity index is 2.06. The van der Waals surface area contributed by atoms with Crippen molar-refractivity contribution in [3.05, 3.63) is 0 Å². The molecule has 2 atom stereocenters. The minimum absolute atomic E-state index is 0.367. The highest BCUT2D eigenvalue weighted by molar-refractivity contribution is 4.82. The van der Waals surface area contributed by atoms with Gasteiger partial charge in [-0.1, -0.05) is 26.2 Å². The maximum Gasteiger partial charge on any atom is 0.0474 e. The molecule has 1 aliphatic rings. The molecule has 13 heavy (non-hydrogen) atoms. The van der Waals surface area contributed by atoms with Crippen molar-refractivity contribution in [2.75, 3.05) is 13.2 Å². The van der Waals surface area contributed by atoms with Gasteiger partial charge in [0, 0.05) is 12.6 Å². The molecular formula is C11H23NO. The van der Waals surface area contributed by atoms with E-state index in [2.05, 4.69) is 12.2 Å². The zero-order valence-electron chi connectivity index (χ0n) is 8.76. The van der Waals surface area contributed by atoms with Crippen molar-refractivity contribution in [3.8, 4) is 0 Å². The minimum Gasteiger partial charge on any atom is -0.396 e. The average Bonchev–Trinajstić information content (AvgIpc) is 2.60. The van der Waals surface area contributed by atoms with E-state index in [1.807, 2.05) is 0 Å². The first-order chi connectivity index (χ1) is 6.38. The highest BCUT2D eigenvalue weighted by Crippen LogP contribution is 2.24. The summed E-state index contributed by atoms with van der Waals surface area (Å²) in [4.78, 5) is 0. The lowest BCUT2D eigenvalue weighted by Crippen LogP contribution is -2.34. The SMILES string of the molecule is CCCCCNC1CCCC1CO. The smallest absolute Gasteiger partial charge is 0.0474 e. The Hall–Kier alpha value is -0.0800. The topological polar surface area (TPSA) is 32.3 Å². The van der Waals surface area contributed by atoms with Gasteiger partial charge >= 0.3 is 0 Å². The fraction of sp³-hybridized carbons (Fsp3) is 1.00. The van der Waals surface area contributed by atoms with Crippen LogP contribution in [0.1, 0.15) is 45.4 Å². The van der Waals surface area contributed by atoms with Crippen LogP contribution in [0.15, 0.2) is 0 Å². The van der Waals surface area contributed by atoms with Gasteiger partial charge in [-0.05, 0) is 31.7 Å². The summed E-state index contributed by atoms with van der Waals surface area (Å²) in [6.45, 7) is 3.73. The summed E-state index contributed by atoms with van der Waals surface area (Å²) in [5.74, 6) is 0.529. The standard InChI is InChI=1S/C11H23NO/c1-2-3-4-8-12-11-7-5-6-10(11)9-13/h10-13H,2-9H2,1H3. The molecule has 2 N–H and O–H groups in total. The van der Waals surface area contributed by atoms with E-state index in [9.17, 15) is 0 Å². The van der Waals surface area contributed by atoms with Crippen LogP contribution in [-0.2, 0) is 0 Å². The normalized spacial score (nSPS) is 28.2. The Kier molecular flexibility index (Phi) is 5.40. The maximum atomic E-state index is 9.10. The van der Waals surface area contributed by atoms with Gasteiger partial charge in [-0.2, -0.15) is 0 Å². The van der Waals surface area contributed by atoms with Crippen molar-refractivity contribution in [2.24, 2.45) is 5.92 Å². The lowest BCUT2D eigenvalue weighted by atomic mass is 10.1. The summed E-state index contributed by atoms with van der Waals surface area (Å²) in [5, 5.41) is 12.7. The van der Waals surface area contributed by atoms with Crippen molar-refractivity contribution in [3.63, 3.8) is 0 Å². The second-order valence-electron chi connectivity index (χ2n) is 4.14. The minimum atomic E-state index is 0.367. The molecule has 1 rings (SSSR count). The molecule has 0 bridgehead atoms. The predicted octanol–water partition coefficient (Wildman–Crippen LogP) is 1.93. The number of hydrogen-bond acceptors (Lipinski definition) is 2. The monoisotopic (exact) mass is 185 g/mol. The lowest BCUT2D eigenvalue weighted by Gasteiger charge is -2.18. The summed E-state index contributed by atoms with van der Waals surface area (Å²) in [7, 11) is 0. The molecule has 0 spiro atoms. The summed E-state index contributed by atoms with van der Waals surface area (Å²) in [5.41, 5.74) is 0. The average molecular weight is 185 g/mol. The highest BCUT2D eigenvalue weighted by Gasteiger charge is 2.25. The van der Waals surface area contributed by atoms with Gasteiger partial charge in [0.2, 0.25) is 0 Å². The molecule has 1 fully saturated rings. The van der Waals surface area contributed by atoms with Crippen molar-refractivity contribution >= 4 is 0 Å². The van der Waals surface area contributed by atoms with Crippen LogP contribution in [0.25, 0.3) is 0 Å². The van der Waals surface area contributed by atoms with E-state index in [1.54, 1.807) is 0 Å². The number of rotatable bonds is 6. The number of aliphatic hydroxyl groups excluding tert-OH is 1. The molecule has 2 nitrogen and oxygen atoms in total. The largest absolute Gasteiger partial charge is 0.396 e. The van der Waals surface area contributed by atoms with Crippen molar-refractivity contribution in [2.45, 2.75) is 51.5 Å². The molecule has 0 heterocycles. The van der Waals surface area contributed by atoms with Crippen LogP contribution in [0.2, 0.25) is 0 Å². The molecule has 0 aliphatic heterocycles. The van der Waals surface area contributed by atoms with Crippen molar-refractivity contribution < 1.29 is 5.11 Å². The van der Waals surface area contributed by atoms with Gasteiger partial charge in [-0.3, -0.25) is 0 Å². The number of hydrogen-bond donors (Lipinski definition) is 2. The molecule has 0 aromatic rings. The van der Waals surface area contributed by atoms with E-state index >= 15 is 0 Å². The number of nitrogens with one attached hydrogen (secondary N) is 1. The fourth-order valence-corrected chi connectivity index (χ4v) is 2.19. The molecule has 1 aliphatic carbocycles. The van der Waals surface area contributed by atoms with Gasteiger partial charge in [-0.25, -0.2) is 0 Å². The van der Waals surface area contributed by atoms with E-state index in [0.29, 0.717) is 18.6 Å². The molecule has 0 radical (unpaired) electrons. The second-order valence-corrected chi connectivity index (χ2v) is 4.14. The molecule has 0 amide bonds. The van der Waals surface area contributed by atoms with Gasteiger partial charge in [0.1, 0.15) is 0 Å². The Morgan fingerprint density at radius 3 is 2.85 bits per heavy atom. The van der Waals surface area contributed by atoms with Crippen LogP contribution in [-0.4, -0.2) is 24.3 Å². The van der Waals surface area contributed by atoms with Crippen molar-refractivity contribution in [1.29, 1.82) is 0 Å². The molecule has 0 aromatic heterocycles.